The molecule has 34 heavy (non-hydrogen) atoms. The molecule has 0 fully saturated rings. The predicted octanol–water partition coefficient (Wildman–Crippen LogP) is 2.71. The van der Waals surface area contributed by atoms with E-state index in [9.17, 15) is 14.4 Å². The molecule has 0 bridgehead atoms. The number of fused-ring (bicyclic) bond motifs is 1. The summed E-state index contributed by atoms with van der Waals surface area (Å²) < 4.78 is 0. The van der Waals surface area contributed by atoms with E-state index in [1.807, 2.05) is 62.5 Å². The second-order valence-electron chi connectivity index (χ2n) is 8.96. The quantitative estimate of drug-likeness (QED) is 0.317. The third-order valence-electron chi connectivity index (χ3n) is 5.53. The van der Waals surface area contributed by atoms with E-state index in [4.69, 9.17) is 5.73 Å². The number of benzene rings is 2. The van der Waals surface area contributed by atoms with Crippen LogP contribution in [-0.2, 0) is 20.8 Å². The van der Waals surface area contributed by atoms with Crippen molar-refractivity contribution < 1.29 is 14.4 Å². The minimum atomic E-state index is -0.892. The highest BCUT2D eigenvalue weighted by molar-refractivity contribution is 5.99. The number of rotatable bonds is 10. The molecule has 180 valence electrons. The van der Waals surface area contributed by atoms with Crippen LogP contribution in [0.4, 0.5) is 5.69 Å². The molecule has 8 nitrogen and oxygen atoms in total. The third kappa shape index (κ3) is 6.68. The number of hydrogen-bond donors (Lipinski definition) is 5. The molecule has 0 spiro atoms. The molecule has 3 atom stereocenters. The largest absolute Gasteiger partial charge is 0.361 e. The molecule has 0 unspecified atom stereocenters. The second-order valence-corrected chi connectivity index (χ2v) is 8.96. The molecule has 3 rings (SSSR count). The van der Waals surface area contributed by atoms with E-state index in [0.29, 0.717) is 12.1 Å². The first kappa shape index (κ1) is 25.0. The van der Waals surface area contributed by atoms with Gasteiger partial charge in [0, 0.05) is 29.2 Å². The van der Waals surface area contributed by atoms with Crippen LogP contribution in [0.5, 0.6) is 0 Å². The lowest BCUT2D eigenvalue weighted by Gasteiger charge is -2.24. The number of H-pyrrole nitrogens is 1. The molecule has 0 aliphatic heterocycles. The zero-order valence-electron chi connectivity index (χ0n) is 19.8. The van der Waals surface area contributed by atoms with Gasteiger partial charge in [-0.3, -0.25) is 14.4 Å². The lowest BCUT2D eigenvalue weighted by Crippen LogP contribution is -2.55. The highest BCUT2D eigenvalue weighted by atomic mass is 16.2. The fraction of sp³-hybridized carbons (Fsp3) is 0.346. The molecule has 1 heterocycles. The Labute approximate surface area is 199 Å². The van der Waals surface area contributed by atoms with E-state index in [0.717, 1.165) is 16.5 Å². The maximum atomic E-state index is 13.4. The second kappa shape index (κ2) is 11.5. The molecule has 0 saturated heterocycles. The molecular weight excluding hydrogens is 430 g/mol. The van der Waals surface area contributed by atoms with Crippen LogP contribution in [0.3, 0.4) is 0 Å². The van der Waals surface area contributed by atoms with Crippen molar-refractivity contribution in [1.82, 2.24) is 15.6 Å². The molecule has 0 aliphatic carbocycles. The van der Waals surface area contributed by atoms with Gasteiger partial charge in [-0.15, -0.1) is 0 Å². The van der Waals surface area contributed by atoms with Gasteiger partial charge in [0.2, 0.25) is 17.7 Å². The molecule has 0 saturated carbocycles. The van der Waals surface area contributed by atoms with Gasteiger partial charge in [0.05, 0.1) is 6.04 Å². The van der Waals surface area contributed by atoms with Gasteiger partial charge in [-0.05, 0) is 43.0 Å². The summed E-state index contributed by atoms with van der Waals surface area (Å²) in [4.78, 5) is 41.9. The molecule has 3 aromatic rings. The molecule has 6 N–H and O–H groups in total. The summed E-state index contributed by atoms with van der Waals surface area (Å²) in [5, 5.41) is 9.42. The predicted molar refractivity (Wildman–Crippen MR) is 134 cm³/mol. The Morgan fingerprint density at radius 2 is 1.50 bits per heavy atom. The first-order valence-corrected chi connectivity index (χ1v) is 11.5. The fourth-order valence-corrected chi connectivity index (χ4v) is 3.76. The monoisotopic (exact) mass is 463 g/mol. The van der Waals surface area contributed by atoms with Crippen LogP contribution in [0.15, 0.2) is 60.8 Å². The lowest BCUT2D eigenvalue weighted by molar-refractivity contribution is -0.131. The average molecular weight is 464 g/mol. The van der Waals surface area contributed by atoms with Gasteiger partial charge in [0.25, 0.3) is 0 Å². The van der Waals surface area contributed by atoms with Crippen molar-refractivity contribution in [2.24, 2.45) is 11.7 Å². The lowest BCUT2D eigenvalue weighted by atomic mass is 10.0. The Morgan fingerprint density at radius 1 is 0.853 bits per heavy atom. The number of amides is 3. The van der Waals surface area contributed by atoms with E-state index in [1.54, 1.807) is 19.1 Å². The third-order valence-corrected chi connectivity index (χ3v) is 5.53. The van der Waals surface area contributed by atoms with Gasteiger partial charge in [-0.1, -0.05) is 50.2 Å². The SMILES string of the molecule is CC(C)C[C@H](NC(=O)[C@H](Cc1c[nH]c2ccccc12)NC(=O)[C@@H](C)N)C(=O)Nc1ccccc1. The Balaban J connectivity index is 1.80. The molecule has 1 aromatic heterocycles. The number of nitrogens with one attached hydrogen (secondary N) is 4. The van der Waals surface area contributed by atoms with Crippen molar-refractivity contribution in [2.45, 2.75) is 51.7 Å². The standard InChI is InChI=1S/C26H33N5O3/c1-16(2)13-22(25(33)29-19-9-5-4-6-10-19)31-26(34)23(30-24(32)17(3)27)14-18-15-28-21-12-8-7-11-20(18)21/h4-12,15-17,22-23,28H,13-14,27H2,1-3H3,(H,29,33)(H,30,32)(H,31,34)/t17-,22+,23+/m1/s1. The van der Waals surface area contributed by atoms with Crippen molar-refractivity contribution in [1.29, 1.82) is 0 Å². The summed E-state index contributed by atoms with van der Waals surface area (Å²) in [7, 11) is 0. The van der Waals surface area contributed by atoms with Gasteiger partial charge in [-0.2, -0.15) is 0 Å². The molecule has 0 aliphatic rings. The van der Waals surface area contributed by atoms with Crippen molar-refractivity contribution >= 4 is 34.3 Å². The topological polar surface area (TPSA) is 129 Å². The van der Waals surface area contributed by atoms with E-state index >= 15 is 0 Å². The van der Waals surface area contributed by atoms with Crippen LogP contribution >= 0.6 is 0 Å². The van der Waals surface area contributed by atoms with Gasteiger partial charge in [0.15, 0.2) is 0 Å². The van der Waals surface area contributed by atoms with E-state index in [1.165, 1.54) is 0 Å². The summed E-state index contributed by atoms with van der Waals surface area (Å²) in [5.41, 5.74) is 8.21. The smallest absolute Gasteiger partial charge is 0.246 e. The number of anilines is 1. The fourth-order valence-electron chi connectivity index (χ4n) is 3.76. The number of carbonyl (C=O) groups is 3. The number of para-hydroxylation sites is 2. The Kier molecular flexibility index (Phi) is 8.43. The summed E-state index contributed by atoms with van der Waals surface area (Å²) in [6.07, 6.45) is 2.53. The van der Waals surface area contributed by atoms with Crippen LogP contribution in [0.25, 0.3) is 10.9 Å². The molecule has 0 radical (unpaired) electrons. The van der Waals surface area contributed by atoms with Crippen LogP contribution in [0, 0.1) is 5.92 Å². The Hall–Kier alpha value is -3.65. The van der Waals surface area contributed by atoms with Gasteiger partial charge in [0.1, 0.15) is 12.1 Å². The van der Waals surface area contributed by atoms with Crippen LogP contribution in [0.2, 0.25) is 0 Å². The average Bonchev–Trinajstić information content (AvgIpc) is 3.21. The highest BCUT2D eigenvalue weighted by Gasteiger charge is 2.29. The highest BCUT2D eigenvalue weighted by Crippen LogP contribution is 2.19. The van der Waals surface area contributed by atoms with Crippen molar-refractivity contribution in [3.8, 4) is 0 Å². The summed E-state index contributed by atoms with van der Waals surface area (Å²) in [6.45, 7) is 5.53. The first-order chi connectivity index (χ1) is 16.2. The van der Waals surface area contributed by atoms with E-state index in [2.05, 4.69) is 20.9 Å². The number of aromatic nitrogens is 1. The molecule has 2 aromatic carbocycles. The van der Waals surface area contributed by atoms with Gasteiger partial charge >= 0.3 is 0 Å². The van der Waals surface area contributed by atoms with Crippen LogP contribution in [-0.4, -0.2) is 40.8 Å². The van der Waals surface area contributed by atoms with Crippen molar-refractivity contribution in [3.63, 3.8) is 0 Å². The summed E-state index contributed by atoms with van der Waals surface area (Å²) >= 11 is 0. The first-order valence-electron chi connectivity index (χ1n) is 11.5. The molecule has 3 amide bonds. The maximum Gasteiger partial charge on any atom is 0.246 e. The van der Waals surface area contributed by atoms with Crippen LogP contribution < -0.4 is 21.7 Å². The minimum Gasteiger partial charge on any atom is -0.361 e. The minimum absolute atomic E-state index is 0.164. The number of carbonyl (C=O) groups excluding carboxylic acids is 3. The van der Waals surface area contributed by atoms with E-state index in [-0.39, 0.29) is 18.2 Å². The maximum absolute atomic E-state index is 13.4. The Morgan fingerprint density at radius 3 is 2.18 bits per heavy atom. The van der Waals surface area contributed by atoms with Crippen LogP contribution in [0.1, 0.15) is 32.8 Å². The van der Waals surface area contributed by atoms with Crippen molar-refractivity contribution in [2.75, 3.05) is 5.32 Å². The molecule has 8 heteroatoms. The number of aromatic amines is 1. The number of nitrogens with two attached hydrogens (primary N) is 1. The summed E-state index contributed by atoms with van der Waals surface area (Å²) in [5.74, 6) is -1.02. The molecular formula is C26H33N5O3. The van der Waals surface area contributed by atoms with E-state index < -0.39 is 29.9 Å². The summed E-state index contributed by atoms with van der Waals surface area (Å²) in [6, 6.07) is 14.4. The zero-order chi connectivity index (χ0) is 24.7. The zero-order valence-corrected chi connectivity index (χ0v) is 19.8. The Bertz CT molecular complexity index is 1120. The number of hydrogen-bond acceptors (Lipinski definition) is 4. The van der Waals surface area contributed by atoms with Gasteiger partial charge in [-0.25, -0.2) is 0 Å². The van der Waals surface area contributed by atoms with Gasteiger partial charge < -0.3 is 26.7 Å². The van der Waals surface area contributed by atoms with Crippen molar-refractivity contribution in [3.05, 3.63) is 66.4 Å². The normalized spacial score (nSPS) is 13.8.